The first-order chi connectivity index (χ1) is 12.4. The summed E-state index contributed by atoms with van der Waals surface area (Å²) < 4.78 is 91.9. The van der Waals surface area contributed by atoms with E-state index in [1.165, 1.54) is 6.07 Å². The van der Waals surface area contributed by atoms with E-state index in [1.54, 1.807) is 0 Å². The number of fused-ring (bicyclic) bond motifs is 1. The number of hydrogen-bond acceptors (Lipinski definition) is 3. The lowest BCUT2D eigenvalue weighted by Gasteiger charge is -2.31. The topological polar surface area (TPSA) is 56.3 Å². The van der Waals surface area contributed by atoms with Crippen LogP contribution < -0.4 is 10.5 Å². The average Bonchev–Trinajstić information content (AvgIpc) is 2.92. The standard InChI is InChI=1S/C16H13F7N2O2/c17-7-3-12(14(27)16(21,22)23)25(6-7)8-1-2-11-9(4-8)10(15(18,19)20)5-13(26)24-11/h1-2,4-5,7,12,14,27H,3,6H2,(H,24,26)/t7-,12+,14+/m0/s1. The second-order valence-corrected chi connectivity index (χ2v) is 6.31. The van der Waals surface area contributed by atoms with E-state index in [4.69, 9.17) is 0 Å². The smallest absolute Gasteiger partial charge is 0.382 e. The van der Waals surface area contributed by atoms with Crippen LogP contribution in [-0.4, -0.2) is 41.1 Å². The lowest BCUT2D eigenvalue weighted by Crippen LogP contribution is -2.47. The zero-order chi connectivity index (χ0) is 20.1. The van der Waals surface area contributed by atoms with Crippen molar-refractivity contribution < 1.29 is 35.8 Å². The third kappa shape index (κ3) is 3.73. The van der Waals surface area contributed by atoms with Crippen LogP contribution in [0.1, 0.15) is 12.0 Å². The van der Waals surface area contributed by atoms with Crippen LogP contribution in [0.25, 0.3) is 10.9 Å². The fourth-order valence-electron chi connectivity index (χ4n) is 3.28. The van der Waals surface area contributed by atoms with E-state index >= 15 is 0 Å². The largest absolute Gasteiger partial charge is 0.417 e. The first-order valence-corrected chi connectivity index (χ1v) is 7.77. The Morgan fingerprint density at radius 1 is 1.15 bits per heavy atom. The number of H-pyrrole nitrogens is 1. The third-order valence-electron chi connectivity index (χ3n) is 4.46. The average molecular weight is 398 g/mol. The van der Waals surface area contributed by atoms with Crippen LogP contribution in [-0.2, 0) is 6.18 Å². The Morgan fingerprint density at radius 2 is 1.81 bits per heavy atom. The summed E-state index contributed by atoms with van der Waals surface area (Å²) in [5, 5.41) is 9.07. The Kier molecular flexibility index (Phi) is 4.61. The van der Waals surface area contributed by atoms with Crippen molar-refractivity contribution in [2.45, 2.75) is 37.1 Å². The Labute approximate surface area is 147 Å². The molecule has 1 saturated heterocycles. The van der Waals surface area contributed by atoms with E-state index in [1.807, 2.05) is 0 Å². The van der Waals surface area contributed by atoms with Crippen LogP contribution in [0.3, 0.4) is 0 Å². The highest BCUT2D eigenvalue weighted by Crippen LogP contribution is 2.38. The minimum Gasteiger partial charge on any atom is -0.382 e. The Hall–Kier alpha value is -2.30. The highest BCUT2D eigenvalue weighted by molar-refractivity contribution is 5.86. The highest BCUT2D eigenvalue weighted by Gasteiger charge is 2.49. The van der Waals surface area contributed by atoms with Gasteiger partial charge < -0.3 is 15.0 Å². The lowest BCUT2D eigenvalue weighted by atomic mass is 10.0. The number of anilines is 1. The van der Waals surface area contributed by atoms with Crippen molar-refractivity contribution in [3.63, 3.8) is 0 Å². The molecule has 1 aliphatic heterocycles. The number of alkyl halides is 7. The Morgan fingerprint density at radius 3 is 2.41 bits per heavy atom. The molecule has 0 bridgehead atoms. The number of rotatable bonds is 2. The monoisotopic (exact) mass is 398 g/mol. The summed E-state index contributed by atoms with van der Waals surface area (Å²) in [4.78, 5) is 14.5. The molecule has 0 spiro atoms. The van der Waals surface area contributed by atoms with Crippen LogP contribution >= 0.6 is 0 Å². The normalized spacial score (nSPS) is 22.4. The van der Waals surface area contributed by atoms with E-state index in [2.05, 4.69) is 4.98 Å². The number of benzene rings is 1. The fourth-order valence-corrected chi connectivity index (χ4v) is 3.28. The zero-order valence-electron chi connectivity index (χ0n) is 13.4. The number of aromatic amines is 1. The fraction of sp³-hybridized carbons (Fsp3) is 0.438. The van der Waals surface area contributed by atoms with Crippen molar-refractivity contribution >= 4 is 16.6 Å². The quantitative estimate of drug-likeness (QED) is 0.763. The van der Waals surface area contributed by atoms with Gasteiger partial charge in [-0.2, -0.15) is 26.3 Å². The Bertz CT molecular complexity index is 906. The molecule has 1 aromatic heterocycles. The zero-order valence-corrected chi connectivity index (χ0v) is 13.4. The van der Waals surface area contributed by atoms with E-state index in [0.29, 0.717) is 6.07 Å². The highest BCUT2D eigenvalue weighted by atomic mass is 19.4. The predicted octanol–water partition coefficient (Wildman–Crippen LogP) is 3.39. The molecule has 148 valence electrons. The molecule has 11 heteroatoms. The summed E-state index contributed by atoms with van der Waals surface area (Å²) in [5.41, 5.74) is -2.53. The van der Waals surface area contributed by atoms with Gasteiger partial charge in [-0.3, -0.25) is 4.79 Å². The summed E-state index contributed by atoms with van der Waals surface area (Å²) in [6, 6.07) is 1.88. The molecule has 2 N–H and O–H groups in total. The van der Waals surface area contributed by atoms with Gasteiger partial charge in [-0.25, -0.2) is 4.39 Å². The van der Waals surface area contributed by atoms with E-state index < -0.39 is 60.1 Å². The number of aromatic nitrogens is 1. The minimum absolute atomic E-state index is 0.117. The van der Waals surface area contributed by atoms with Crippen molar-refractivity contribution in [3.05, 3.63) is 40.2 Å². The SMILES string of the molecule is O=c1cc(C(F)(F)F)c2cc(N3C[C@@H](F)C[C@@H]3[C@@H](O)C(F)(F)F)ccc2[nH]1. The van der Waals surface area contributed by atoms with Crippen LogP contribution in [0.4, 0.5) is 36.4 Å². The lowest BCUT2D eigenvalue weighted by molar-refractivity contribution is -0.209. The van der Waals surface area contributed by atoms with Crippen LogP contribution in [0.15, 0.2) is 29.1 Å². The van der Waals surface area contributed by atoms with E-state index in [9.17, 15) is 40.6 Å². The number of hydrogen-bond donors (Lipinski definition) is 2. The summed E-state index contributed by atoms with van der Waals surface area (Å²) in [6.45, 7) is -0.506. The molecular formula is C16H13F7N2O2. The van der Waals surface area contributed by atoms with Gasteiger partial charge in [0.1, 0.15) is 6.17 Å². The maximum absolute atomic E-state index is 13.7. The van der Waals surface area contributed by atoms with E-state index in [0.717, 1.165) is 17.0 Å². The molecule has 1 fully saturated rings. The number of halogens is 7. The molecule has 2 aromatic rings. The van der Waals surface area contributed by atoms with Crippen LogP contribution in [0, 0.1) is 0 Å². The summed E-state index contributed by atoms with van der Waals surface area (Å²) in [7, 11) is 0. The van der Waals surface area contributed by atoms with Gasteiger partial charge in [-0.05, 0) is 18.2 Å². The molecule has 0 unspecified atom stereocenters. The molecule has 3 atom stereocenters. The van der Waals surface area contributed by atoms with Crippen molar-refractivity contribution in [2.24, 2.45) is 0 Å². The molecule has 0 radical (unpaired) electrons. The molecule has 2 heterocycles. The maximum Gasteiger partial charge on any atom is 0.417 e. The number of nitrogens with zero attached hydrogens (tertiary/aromatic N) is 1. The molecule has 3 rings (SSSR count). The van der Waals surface area contributed by atoms with Crippen molar-refractivity contribution in [3.8, 4) is 0 Å². The van der Waals surface area contributed by atoms with Gasteiger partial charge in [-0.15, -0.1) is 0 Å². The number of aliphatic hydroxyl groups excluding tert-OH is 1. The molecule has 0 saturated carbocycles. The Balaban J connectivity index is 2.11. The molecular weight excluding hydrogens is 385 g/mol. The van der Waals surface area contributed by atoms with E-state index in [-0.39, 0.29) is 11.2 Å². The molecule has 4 nitrogen and oxygen atoms in total. The molecule has 27 heavy (non-hydrogen) atoms. The predicted molar refractivity (Wildman–Crippen MR) is 82.3 cm³/mol. The number of nitrogens with one attached hydrogen (secondary N) is 1. The van der Waals surface area contributed by atoms with Gasteiger partial charge in [0.2, 0.25) is 5.56 Å². The van der Waals surface area contributed by atoms with Gasteiger partial charge in [0.05, 0.1) is 11.6 Å². The third-order valence-corrected chi connectivity index (χ3v) is 4.46. The summed E-state index contributed by atoms with van der Waals surface area (Å²) in [5.74, 6) is 0. The second-order valence-electron chi connectivity index (χ2n) is 6.31. The first kappa shape index (κ1) is 19.5. The molecule has 0 amide bonds. The van der Waals surface area contributed by atoms with Gasteiger partial charge >= 0.3 is 12.4 Å². The maximum atomic E-state index is 13.7. The van der Waals surface area contributed by atoms with Crippen LogP contribution in [0.5, 0.6) is 0 Å². The molecule has 1 aliphatic rings. The number of pyridine rings is 1. The summed E-state index contributed by atoms with van der Waals surface area (Å²) in [6.07, 6.45) is -15.0. The van der Waals surface area contributed by atoms with Crippen molar-refractivity contribution in [1.29, 1.82) is 0 Å². The molecule has 0 aliphatic carbocycles. The van der Waals surface area contributed by atoms with Gasteiger partial charge in [0.25, 0.3) is 0 Å². The van der Waals surface area contributed by atoms with Crippen molar-refractivity contribution in [1.82, 2.24) is 4.98 Å². The van der Waals surface area contributed by atoms with Crippen LogP contribution in [0.2, 0.25) is 0 Å². The molecule has 1 aromatic carbocycles. The van der Waals surface area contributed by atoms with Gasteiger partial charge in [0.15, 0.2) is 6.10 Å². The van der Waals surface area contributed by atoms with Crippen molar-refractivity contribution in [2.75, 3.05) is 11.4 Å². The van der Waals surface area contributed by atoms with Gasteiger partial charge in [-0.1, -0.05) is 0 Å². The van der Waals surface area contributed by atoms with Gasteiger partial charge in [0, 0.05) is 35.6 Å². The minimum atomic E-state index is -5.01. The summed E-state index contributed by atoms with van der Waals surface area (Å²) >= 11 is 0. The second kappa shape index (κ2) is 6.39. The number of aliphatic hydroxyl groups is 1. The first-order valence-electron chi connectivity index (χ1n) is 7.77.